The molecular weight excluding hydrogens is 246 g/mol. The van der Waals surface area contributed by atoms with Crippen LogP contribution in [0.1, 0.15) is 31.0 Å². The Morgan fingerprint density at radius 2 is 1.90 bits per heavy atom. The van der Waals surface area contributed by atoms with Crippen molar-refractivity contribution in [3.05, 3.63) is 53.7 Å². The number of hydrogen-bond donors (Lipinski definition) is 1. The fraction of sp³-hybridized carbons (Fsp3) is 0.353. The molecule has 20 heavy (non-hydrogen) atoms. The number of rotatable bonds is 5. The number of pyridine rings is 1. The molecule has 3 nitrogen and oxygen atoms in total. The Bertz CT molecular complexity index is 548. The molecule has 3 heteroatoms. The third-order valence-corrected chi connectivity index (χ3v) is 3.53. The first-order valence-corrected chi connectivity index (χ1v) is 7.12. The highest BCUT2D eigenvalue weighted by atomic mass is 15.2. The van der Waals surface area contributed by atoms with Crippen LogP contribution in [0.3, 0.4) is 0 Å². The lowest BCUT2D eigenvalue weighted by Gasteiger charge is -2.24. The molecular formula is C17H23N3. The van der Waals surface area contributed by atoms with Crippen LogP contribution in [-0.2, 0) is 0 Å². The first kappa shape index (κ1) is 14.5. The summed E-state index contributed by atoms with van der Waals surface area (Å²) in [6.45, 7) is 7.34. The summed E-state index contributed by atoms with van der Waals surface area (Å²) in [5, 5.41) is 3.45. The number of aromatic nitrogens is 1. The van der Waals surface area contributed by atoms with Crippen molar-refractivity contribution in [1.82, 2.24) is 10.3 Å². The first-order valence-electron chi connectivity index (χ1n) is 7.12. The van der Waals surface area contributed by atoms with Crippen LogP contribution >= 0.6 is 0 Å². The molecule has 2 aromatic rings. The summed E-state index contributed by atoms with van der Waals surface area (Å²) in [6.07, 6.45) is 1.85. The third kappa shape index (κ3) is 3.17. The number of nitrogens with one attached hydrogen (secondary N) is 1. The minimum atomic E-state index is 0.289. The molecule has 106 valence electrons. The molecule has 0 fully saturated rings. The highest BCUT2D eigenvalue weighted by Crippen LogP contribution is 2.28. The van der Waals surface area contributed by atoms with Crippen LogP contribution in [0.4, 0.5) is 11.5 Å². The molecule has 1 aromatic carbocycles. The van der Waals surface area contributed by atoms with Gasteiger partial charge in [0, 0.05) is 30.5 Å². The molecule has 1 unspecified atom stereocenters. The van der Waals surface area contributed by atoms with Gasteiger partial charge in [-0.05, 0) is 38.6 Å². The predicted octanol–water partition coefficient (Wildman–Crippen LogP) is 3.83. The standard InChI is InChI=1S/C17H23N3/c1-5-18-14(3)16-7-6-12-19-17(16)20(4)15-10-8-13(2)9-11-15/h6-12,14,18H,5H2,1-4H3. The smallest absolute Gasteiger partial charge is 0.137 e. The number of anilines is 2. The quantitative estimate of drug-likeness (QED) is 0.894. The molecule has 0 amide bonds. The maximum atomic E-state index is 4.57. The van der Waals surface area contributed by atoms with Gasteiger partial charge in [-0.25, -0.2) is 4.98 Å². The van der Waals surface area contributed by atoms with Crippen molar-refractivity contribution in [3.63, 3.8) is 0 Å². The van der Waals surface area contributed by atoms with Gasteiger partial charge in [0.05, 0.1) is 0 Å². The zero-order valence-corrected chi connectivity index (χ0v) is 12.7. The molecule has 0 radical (unpaired) electrons. The van der Waals surface area contributed by atoms with Gasteiger partial charge in [-0.3, -0.25) is 0 Å². The maximum Gasteiger partial charge on any atom is 0.137 e. The maximum absolute atomic E-state index is 4.57. The van der Waals surface area contributed by atoms with Crippen molar-refractivity contribution in [2.45, 2.75) is 26.8 Å². The van der Waals surface area contributed by atoms with Crippen LogP contribution in [-0.4, -0.2) is 18.6 Å². The summed E-state index contributed by atoms with van der Waals surface area (Å²) in [7, 11) is 2.06. The van der Waals surface area contributed by atoms with Gasteiger partial charge in [0.1, 0.15) is 5.82 Å². The van der Waals surface area contributed by atoms with Crippen LogP contribution in [0.25, 0.3) is 0 Å². The molecule has 0 saturated heterocycles. The molecule has 0 saturated carbocycles. The molecule has 0 aliphatic carbocycles. The van der Waals surface area contributed by atoms with E-state index in [0.29, 0.717) is 0 Å². The van der Waals surface area contributed by atoms with Crippen molar-refractivity contribution in [1.29, 1.82) is 0 Å². The molecule has 1 atom stereocenters. The number of benzene rings is 1. The largest absolute Gasteiger partial charge is 0.329 e. The molecule has 1 aromatic heterocycles. The van der Waals surface area contributed by atoms with Gasteiger partial charge in [-0.1, -0.05) is 30.7 Å². The van der Waals surface area contributed by atoms with Crippen molar-refractivity contribution in [2.24, 2.45) is 0 Å². The van der Waals surface area contributed by atoms with Crippen molar-refractivity contribution in [2.75, 3.05) is 18.5 Å². The lowest BCUT2D eigenvalue weighted by Crippen LogP contribution is -2.22. The summed E-state index contributed by atoms with van der Waals surface area (Å²) >= 11 is 0. The summed E-state index contributed by atoms with van der Waals surface area (Å²) in [4.78, 5) is 6.71. The lowest BCUT2D eigenvalue weighted by atomic mass is 10.1. The van der Waals surface area contributed by atoms with E-state index in [1.54, 1.807) is 0 Å². The van der Waals surface area contributed by atoms with Gasteiger partial charge in [0.2, 0.25) is 0 Å². The summed E-state index contributed by atoms with van der Waals surface area (Å²) in [5.74, 6) is 1.00. The topological polar surface area (TPSA) is 28.2 Å². The van der Waals surface area contributed by atoms with Gasteiger partial charge in [-0.2, -0.15) is 0 Å². The summed E-state index contributed by atoms with van der Waals surface area (Å²) < 4.78 is 0. The third-order valence-electron chi connectivity index (χ3n) is 3.53. The fourth-order valence-electron chi connectivity index (χ4n) is 2.33. The molecule has 0 aliphatic rings. The van der Waals surface area contributed by atoms with Crippen LogP contribution < -0.4 is 10.2 Å². The van der Waals surface area contributed by atoms with Gasteiger partial charge in [-0.15, -0.1) is 0 Å². The Balaban J connectivity index is 2.34. The Labute approximate surface area is 121 Å². The van der Waals surface area contributed by atoms with Crippen LogP contribution in [0, 0.1) is 6.92 Å². The van der Waals surface area contributed by atoms with E-state index < -0.39 is 0 Å². The molecule has 0 spiro atoms. The van der Waals surface area contributed by atoms with E-state index in [2.05, 4.69) is 73.4 Å². The Kier molecular flexibility index (Phi) is 4.74. The summed E-state index contributed by atoms with van der Waals surface area (Å²) in [6, 6.07) is 12.9. The van der Waals surface area contributed by atoms with E-state index in [-0.39, 0.29) is 6.04 Å². The number of aryl methyl sites for hydroxylation is 1. The predicted molar refractivity (Wildman–Crippen MR) is 85.6 cm³/mol. The molecule has 0 aliphatic heterocycles. The van der Waals surface area contributed by atoms with E-state index in [0.717, 1.165) is 18.1 Å². The van der Waals surface area contributed by atoms with Crippen molar-refractivity contribution in [3.8, 4) is 0 Å². The highest BCUT2D eigenvalue weighted by molar-refractivity contribution is 5.62. The van der Waals surface area contributed by atoms with Gasteiger partial charge in [0.25, 0.3) is 0 Å². The van der Waals surface area contributed by atoms with E-state index in [4.69, 9.17) is 0 Å². The van der Waals surface area contributed by atoms with Gasteiger partial charge in [0.15, 0.2) is 0 Å². The molecule has 1 heterocycles. The Hall–Kier alpha value is -1.87. The Morgan fingerprint density at radius 3 is 2.55 bits per heavy atom. The van der Waals surface area contributed by atoms with E-state index in [1.165, 1.54) is 11.1 Å². The van der Waals surface area contributed by atoms with Gasteiger partial charge < -0.3 is 10.2 Å². The first-order chi connectivity index (χ1) is 9.63. The van der Waals surface area contributed by atoms with E-state index in [1.807, 2.05) is 12.3 Å². The van der Waals surface area contributed by atoms with Crippen LogP contribution in [0.15, 0.2) is 42.6 Å². The second-order valence-corrected chi connectivity index (χ2v) is 5.09. The normalized spacial score (nSPS) is 12.2. The minimum Gasteiger partial charge on any atom is -0.329 e. The van der Waals surface area contributed by atoms with E-state index in [9.17, 15) is 0 Å². The SMILES string of the molecule is CCNC(C)c1cccnc1N(C)c1ccc(C)cc1. The molecule has 1 N–H and O–H groups in total. The highest BCUT2D eigenvalue weighted by Gasteiger charge is 2.14. The monoisotopic (exact) mass is 269 g/mol. The average molecular weight is 269 g/mol. The second kappa shape index (κ2) is 6.53. The zero-order valence-electron chi connectivity index (χ0n) is 12.7. The van der Waals surface area contributed by atoms with Crippen molar-refractivity contribution < 1.29 is 0 Å². The van der Waals surface area contributed by atoms with Crippen molar-refractivity contribution >= 4 is 11.5 Å². The fourth-order valence-corrected chi connectivity index (χ4v) is 2.33. The molecule has 2 rings (SSSR count). The number of nitrogens with zero attached hydrogens (tertiary/aromatic N) is 2. The second-order valence-electron chi connectivity index (χ2n) is 5.09. The zero-order chi connectivity index (χ0) is 14.5. The average Bonchev–Trinajstić information content (AvgIpc) is 2.47. The van der Waals surface area contributed by atoms with E-state index >= 15 is 0 Å². The minimum absolute atomic E-state index is 0.289. The molecule has 0 bridgehead atoms. The number of hydrogen-bond acceptors (Lipinski definition) is 3. The summed E-state index contributed by atoms with van der Waals surface area (Å²) in [5.41, 5.74) is 3.64. The van der Waals surface area contributed by atoms with Gasteiger partial charge >= 0.3 is 0 Å². The lowest BCUT2D eigenvalue weighted by molar-refractivity contribution is 0.596. The van der Waals surface area contributed by atoms with Crippen LogP contribution in [0.2, 0.25) is 0 Å². The Morgan fingerprint density at radius 1 is 1.20 bits per heavy atom. The van der Waals surface area contributed by atoms with Crippen LogP contribution in [0.5, 0.6) is 0 Å².